The van der Waals surface area contributed by atoms with Gasteiger partial charge in [0.15, 0.2) is 0 Å². The minimum atomic E-state index is -8.94. The quantitative estimate of drug-likeness (QED) is 0.225. The third-order valence-electron chi connectivity index (χ3n) is 5.67. The molecule has 5 nitrogen and oxygen atoms in total. The molecule has 0 aromatic heterocycles. The summed E-state index contributed by atoms with van der Waals surface area (Å²) in [5.41, 5.74) is -1.41. The van der Waals surface area contributed by atoms with Crippen LogP contribution >= 0.6 is 10.3 Å². The Labute approximate surface area is 226 Å². The van der Waals surface area contributed by atoms with E-state index >= 15 is 0 Å². The molecule has 1 heterocycles. The predicted octanol–water partition coefficient (Wildman–Crippen LogP) is 6.66. The van der Waals surface area contributed by atoms with Crippen molar-refractivity contribution in [1.29, 1.82) is 0 Å². The zero-order valence-electron chi connectivity index (χ0n) is 20.8. The number of ketones is 1. The number of hydrogen-bond donors (Lipinski definition) is 0. The van der Waals surface area contributed by atoms with Crippen LogP contribution in [0.4, 0.5) is 74.6 Å². The molecular formula is C18H19F17O5S2. The Morgan fingerprint density at radius 2 is 0.976 bits per heavy atom. The molecule has 1 aliphatic rings. The Morgan fingerprint density at radius 1 is 0.643 bits per heavy atom. The highest BCUT2D eigenvalue weighted by molar-refractivity contribution is 8.33. The maximum Gasteiger partial charge on any atom is 0.460 e. The molecule has 0 atom stereocenters. The third kappa shape index (κ3) is 5.76. The molecule has 1 saturated heterocycles. The maximum absolute atomic E-state index is 14.5. The number of Topliss-reactive ketones (excluding diaryl/α,β-unsaturated/α-hetero) is 1. The van der Waals surface area contributed by atoms with Crippen LogP contribution in [0.25, 0.3) is 0 Å². The van der Waals surface area contributed by atoms with Gasteiger partial charge in [-0.3, -0.25) is 4.79 Å². The summed E-state index contributed by atoms with van der Waals surface area (Å²) in [5, 5.41) is -7.80. The molecule has 1 aliphatic heterocycles. The van der Waals surface area contributed by atoms with Crippen molar-refractivity contribution in [2.45, 2.75) is 67.7 Å². The van der Waals surface area contributed by atoms with E-state index in [2.05, 4.69) is 3.63 Å². The number of hydrogen-bond acceptors (Lipinski definition) is 5. The van der Waals surface area contributed by atoms with Gasteiger partial charge in [0.25, 0.3) is 0 Å². The van der Waals surface area contributed by atoms with Crippen molar-refractivity contribution in [2.75, 3.05) is 30.5 Å². The summed E-state index contributed by atoms with van der Waals surface area (Å²) in [4.78, 5) is 12.4. The van der Waals surface area contributed by atoms with E-state index in [0.717, 1.165) is 0 Å². The van der Waals surface area contributed by atoms with Crippen molar-refractivity contribution >= 4 is 26.2 Å². The summed E-state index contributed by atoms with van der Waals surface area (Å²) in [6.45, 7) is 2.28. The van der Waals surface area contributed by atoms with E-state index in [0.29, 0.717) is 0 Å². The van der Waals surface area contributed by atoms with E-state index in [9.17, 15) is 87.8 Å². The van der Waals surface area contributed by atoms with Gasteiger partial charge in [0.2, 0.25) is 0 Å². The average Bonchev–Trinajstić information content (AvgIpc) is 2.76. The molecule has 0 spiro atoms. The number of halogens is 17. The average molecular weight is 702 g/mol. The van der Waals surface area contributed by atoms with E-state index in [-0.39, 0.29) is 0 Å². The molecule has 0 bridgehead atoms. The van der Waals surface area contributed by atoms with E-state index < -0.39 is 109 Å². The van der Waals surface area contributed by atoms with Gasteiger partial charge in [-0.1, -0.05) is 20.8 Å². The zero-order chi connectivity index (χ0) is 34.0. The molecule has 0 radical (unpaired) electrons. The van der Waals surface area contributed by atoms with Crippen LogP contribution in [-0.4, -0.2) is 91.6 Å². The summed E-state index contributed by atoms with van der Waals surface area (Å²) < 4.78 is 263. The van der Waals surface area contributed by atoms with E-state index in [1.807, 2.05) is 0 Å². The largest absolute Gasteiger partial charge is 0.460 e. The fourth-order valence-electron chi connectivity index (χ4n) is 2.86. The Balaban J connectivity index is 3.72. The molecule has 0 saturated carbocycles. The van der Waals surface area contributed by atoms with Crippen LogP contribution in [0, 0.1) is 5.41 Å². The first-order valence-electron chi connectivity index (χ1n) is 10.6. The first-order chi connectivity index (χ1) is 18.0. The second kappa shape index (κ2) is 10.7. The van der Waals surface area contributed by atoms with Crippen LogP contribution in [0.3, 0.4) is 0 Å². The van der Waals surface area contributed by atoms with Gasteiger partial charge in [-0.25, -0.2) is 3.63 Å². The monoisotopic (exact) mass is 702 g/mol. The van der Waals surface area contributed by atoms with Gasteiger partial charge < -0.3 is 4.74 Å². The van der Waals surface area contributed by atoms with E-state index in [4.69, 9.17) is 4.74 Å². The number of carbonyl (C=O) groups is 1. The molecule has 0 N–H and O–H groups in total. The predicted molar refractivity (Wildman–Crippen MR) is 108 cm³/mol. The molecule has 1 rings (SSSR count). The van der Waals surface area contributed by atoms with Gasteiger partial charge in [0, 0.05) is 16.9 Å². The third-order valence-corrected chi connectivity index (χ3v) is 11.0. The molecular weight excluding hydrogens is 683 g/mol. The number of rotatable bonds is 11. The highest BCUT2D eigenvalue weighted by Gasteiger charge is 2.96. The highest BCUT2D eigenvalue weighted by atomic mass is 32.3. The lowest BCUT2D eigenvalue weighted by atomic mass is 9.91. The van der Waals surface area contributed by atoms with Crippen LogP contribution < -0.4 is 0 Å². The topological polar surface area (TPSA) is 69.7 Å². The SMILES string of the molecule is CC(C)(C)C(=O)CS1(OS(=O)(=O)C(F)(F)C(F)(F)C(F)(F)C(F)(F)C(F)(F)C(F)(F)C(F)(F)C(F)(F)F)CCOCC1. The van der Waals surface area contributed by atoms with Crippen LogP contribution in [0.15, 0.2) is 0 Å². The van der Waals surface area contributed by atoms with Gasteiger partial charge in [-0.2, -0.15) is 83.1 Å². The van der Waals surface area contributed by atoms with Crippen molar-refractivity contribution in [1.82, 2.24) is 0 Å². The molecule has 0 aromatic rings. The van der Waals surface area contributed by atoms with Crippen molar-refractivity contribution in [3.05, 3.63) is 0 Å². The van der Waals surface area contributed by atoms with Crippen LogP contribution in [0.1, 0.15) is 20.8 Å². The zero-order valence-corrected chi connectivity index (χ0v) is 22.5. The molecule has 42 heavy (non-hydrogen) atoms. The maximum atomic E-state index is 14.5. The lowest BCUT2D eigenvalue weighted by Crippen LogP contribution is -2.75. The van der Waals surface area contributed by atoms with Crippen molar-refractivity contribution in [3.63, 3.8) is 0 Å². The van der Waals surface area contributed by atoms with E-state index in [1.165, 1.54) is 20.8 Å². The number of carbonyl (C=O) groups excluding carboxylic acids is 1. The minimum absolute atomic E-state index is 0.632. The molecule has 0 aromatic carbocycles. The van der Waals surface area contributed by atoms with Gasteiger partial charge in [0.05, 0.1) is 19.0 Å². The summed E-state index contributed by atoms with van der Waals surface area (Å²) in [6, 6.07) is 0. The summed E-state index contributed by atoms with van der Waals surface area (Å²) in [5.74, 6) is -56.1. The lowest BCUT2D eigenvalue weighted by Gasteiger charge is -2.44. The fraction of sp³-hybridized carbons (Fsp3) is 0.944. The first kappa shape index (κ1) is 38.7. The summed E-state index contributed by atoms with van der Waals surface area (Å²) in [7, 11) is -11.7. The standard InChI is InChI=1S/C18H19F17O5S2/c1-10(2,3)9(36)8-41(6-4-39-5-7-41)40-42(37,38)18(34,35)16(29,30)14(25,26)12(21,22)11(19,20)13(23,24)15(27,28)17(31,32)33/h4-8H2,1-3H3. The lowest BCUT2D eigenvalue weighted by molar-refractivity contribution is -0.458. The minimum Gasteiger partial charge on any atom is -0.380 e. The van der Waals surface area contributed by atoms with Crippen molar-refractivity contribution < 1.29 is 96.2 Å². The van der Waals surface area contributed by atoms with Crippen LogP contribution in [-0.2, 0) is 23.3 Å². The Bertz CT molecular complexity index is 1120. The molecule has 252 valence electrons. The van der Waals surface area contributed by atoms with Gasteiger partial charge in [-0.15, -0.1) is 10.3 Å². The van der Waals surface area contributed by atoms with Gasteiger partial charge in [0.1, 0.15) is 5.78 Å². The van der Waals surface area contributed by atoms with Crippen molar-refractivity contribution in [2.24, 2.45) is 5.41 Å². The van der Waals surface area contributed by atoms with E-state index in [1.54, 1.807) is 0 Å². The summed E-state index contributed by atoms with van der Waals surface area (Å²) in [6.07, 6.45) is -7.92. The van der Waals surface area contributed by atoms with Gasteiger partial charge in [-0.05, 0) is 0 Å². The molecule has 1 fully saturated rings. The molecule has 0 amide bonds. The van der Waals surface area contributed by atoms with Crippen molar-refractivity contribution in [3.8, 4) is 0 Å². The van der Waals surface area contributed by atoms with Gasteiger partial charge >= 0.3 is 57.1 Å². The Morgan fingerprint density at radius 3 is 1.31 bits per heavy atom. The molecule has 0 unspecified atom stereocenters. The Kier molecular flexibility index (Phi) is 9.82. The number of ether oxygens (including phenoxy) is 1. The van der Waals surface area contributed by atoms with Crippen LogP contribution in [0.2, 0.25) is 0 Å². The second-order valence-electron chi connectivity index (χ2n) is 9.79. The normalized spacial score (nSPS) is 19.9. The first-order valence-corrected chi connectivity index (χ1v) is 14.1. The smallest absolute Gasteiger partial charge is 0.380 e. The fourth-order valence-corrected chi connectivity index (χ4v) is 8.14. The molecule has 24 heteroatoms. The second-order valence-corrected chi connectivity index (χ2v) is 14.8. The number of alkyl halides is 17. The van der Waals surface area contributed by atoms with Crippen LogP contribution in [0.5, 0.6) is 0 Å². The molecule has 0 aliphatic carbocycles. The highest BCUT2D eigenvalue weighted by Crippen LogP contribution is 2.65. The Hall–Kier alpha value is -1.30. The summed E-state index contributed by atoms with van der Waals surface area (Å²) >= 11 is 0.